The summed E-state index contributed by atoms with van der Waals surface area (Å²) in [7, 11) is 0. The van der Waals surface area contributed by atoms with E-state index in [4.69, 9.17) is 4.74 Å². The molecule has 0 spiro atoms. The summed E-state index contributed by atoms with van der Waals surface area (Å²) in [5.74, 6) is -0.383. The van der Waals surface area contributed by atoms with Gasteiger partial charge in [-0.25, -0.2) is 9.18 Å². The van der Waals surface area contributed by atoms with Crippen LogP contribution < -0.4 is 4.90 Å². The van der Waals surface area contributed by atoms with Gasteiger partial charge in [-0.15, -0.1) is 0 Å². The zero-order valence-corrected chi connectivity index (χ0v) is 12.9. The predicted molar refractivity (Wildman–Crippen MR) is 79.9 cm³/mol. The number of carbonyl (C=O) groups excluding carboxylic acids is 2. The molecule has 1 rings (SSSR count). The second kappa shape index (κ2) is 7.20. The highest BCUT2D eigenvalue weighted by molar-refractivity contribution is 5.89. The van der Waals surface area contributed by atoms with E-state index < -0.39 is 11.7 Å². The van der Waals surface area contributed by atoms with Gasteiger partial charge in [-0.1, -0.05) is 6.92 Å². The number of hydrogen-bond donors (Lipinski definition) is 0. The topological polar surface area (TPSA) is 46.6 Å². The number of amides is 1. The van der Waals surface area contributed by atoms with E-state index in [0.717, 1.165) is 6.29 Å². The second-order valence-electron chi connectivity index (χ2n) is 5.79. The molecule has 5 heteroatoms. The molecule has 1 aromatic rings. The number of nitrogens with zero attached hydrogens (tertiary/aromatic N) is 1. The second-order valence-corrected chi connectivity index (χ2v) is 5.79. The average molecular weight is 295 g/mol. The molecule has 116 valence electrons. The molecule has 1 amide bonds. The average Bonchev–Trinajstić information content (AvgIpc) is 2.38. The lowest BCUT2D eigenvalue weighted by Gasteiger charge is -2.32. The van der Waals surface area contributed by atoms with E-state index in [1.165, 1.54) is 29.2 Å². The molecule has 1 atom stereocenters. The fourth-order valence-corrected chi connectivity index (χ4v) is 1.94. The molecule has 0 saturated carbocycles. The van der Waals surface area contributed by atoms with E-state index in [1.807, 2.05) is 6.92 Å². The first-order valence-corrected chi connectivity index (χ1v) is 7.00. The van der Waals surface area contributed by atoms with Gasteiger partial charge in [0, 0.05) is 18.2 Å². The SMILES string of the molecule is CCC(CC=O)N(C(=O)OC(C)(C)C)c1ccc(F)cc1. The van der Waals surface area contributed by atoms with Crippen LogP contribution in [0.1, 0.15) is 40.5 Å². The maximum atomic E-state index is 13.1. The quantitative estimate of drug-likeness (QED) is 0.773. The first-order chi connectivity index (χ1) is 9.78. The molecule has 0 saturated heterocycles. The van der Waals surface area contributed by atoms with E-state index in [9.17, 15) is 14.0 Å². The lowest BCUT2D eigenvalue weighted by Crippen LogP contribution is -2.43. The Bertz CT molecular complexity index is 479. The van der Waals surface area contributed by atoms with Gasteiger partial charge in [-0.3, -0.25) is 4.90 Å². The van der Waals surface area contributed by atoms with Gasteiger partial charge in [0.25, 0.3) is 0 Å². The van der Waals surface area contributed by atoms with Crippen molar-refractivity contribution in [2.45, 2.75) is 52.2 Å². The van der Waals surface area contributed by atoms with E-state index in [-0.39, 0.29) is 18.3 Å². The van der Waals surface area contributed by atoms with Crippen LogP contribution in [0.2, 0.25) is 0 Å². The smallest absolute Gasteiger partial charge is 0.415 e. The number of hydrogen-bond acceptors (Lipinski definition) is 3. The fraction of sp³-hybridized carbons (Fsp3) is 0.500. The van der Waals surface area contributed by atoms with E-state index >= 15 is 0 Å². The van der Waals surface area contributed by atoms with Crippen LogP contribution in [0, 0.1) is 5.82 Å². The molecular formula is C16H22FNO3. The van der Waals surface area contributed by atoms with Crippen LogP contribution in [-0.2, 0) is 9.53 Å². The normalized spacial score (nSPS) is 12.6. The third kappa shape index (κ3) is 5.17. The summed E-state index contributed by atoms with van der Waals surface area (Å²) < 4.78 is 18.5. The summed E-state index contributed by atoms with van der Waals surface area (Å²) in [5, 5.41) is 0. The van der Waals surface area contributed by atoms with Crippen LogP contribution in [0.3, 0.4) is 0 Å². The van der Waals surface area contributed by atoms with Crippen molar-refractivity contribution in [2.75, 3.05) is 4.90 Å². The Morgan fingerprint density at radius 2 is 1.90 bits per heavy atom. The lowest BCUT2D eigenvalue weighted by molar-refractivity contribution is -0.108. The Labute approximate surface area is 124 Å². The molecule has 21 heavy (non-hydrogen) atoms. The highest BCUT2D eigenvalue weighted by atomic mass is 19.1. The standard InChI is InChI=1S/C16H22FNO3/c1-5-13(10-11-19)18(15(20)21-16(2,3)4)14-8-6-12(17)7-9-14/h6-9,11,13H,5,10H2,1-4H3. The van der Waals surface area contributed by atoms with Gasteiger partial charge in [-0.05, 0) is 51.5 Å². The zero-order chi connectivity index (χ0) is 16.0. The number of ether oxygens (including phenoxy) is 1. The Morgan fingerprint density at radius 1 is 1.33 bits per heavy atom. The van der Waals surface area contributed by atoms with Gasteiger partial charge in [0.1, 0.15) is 17.7 Å². The van der Waals surface area contributed by atoms with E-state index in [0.29, 0.717) is 12.1 Å². The minimum atomic E-state index is -0.644. The van der Waals surface area contributed by atoms with Crippen LogP contribution in [0.5, 0.6) is 0 Å². The largest absolute Gasteiger partial charge is 0.443 e. The Morgan fingerprint density at radius 3 is 2.33 bits per heavy atom. The van der Waals surface area contributed by atoms with Crippen LogP contribution in [0.15, 0.2) is 24.3 Å². The molecule has 0 aliphatic heterocycles. The number of carbonyl (C=O) groups is 2. The molecule has 0 fully saturated rings. The number of benzene rings is 1. The Balaban J connectivity index is 3.12. The summed E-state index contributed by atoms with van der Waals surface area (Å²) in [4.78, 5) is 24.7. The summed E-state index contributed by atoms with van der Waals surface area (Å²) in [5.41, 5.74) is -0.131. The van der Waals surface area contributed by atoms with Gasteiger partial charge in [0.05, 0.1) is 0 Å². The Kier molecular flexibility index (Phi) is 5.88. The molecule has 0 N–H and O–H groups in total. The minimum absolute atomic E-state index is 0.202. The molecule has 4 nitrogen and oxygen atoms in total. The van der Waals surface area contributed by atoms with Crippen molar-refractivity contribution < 1.29 is 18.7 Å². The summed E-state index contributed by atoms with van der Waals surface area (Å²) in [6.07, 6.45) is 1.03. The van der Waals surface area contributed by atoms with Crippen molar-refractivity contribution in [3.8, 4) is 0 Å². The van der Waals surface area contributed by atoms with E-state index in [2.05, 4.69) is 0 Å². The first-order valence-electron chi connectivity index (χ1n) is 7.00. The third-order valence-corrected chi connectivity index (χ3v) is 2.90. The molecule has 0 bridgehead atoms. The maximum Gasteiger partial charge on any atom is 0.415 e. The van der Waals surface area contributed by atoms with Crippen molar-refractivity contribution in [2.24, 2.45) is 0 Å². The van der Waals surface area contributed by atoms with Crippen molar-refractivity contribution in [1.82, 2.24) is 0 Å². The lowest BCUT2D eigenvalue weighted by atomic mass is 10.1. The molecule has 0 aliphatic rings. The van der Waals surface area contributed by atoms with Crippen LogP contribution in [0.25, 0.3) is 0 Å². The van der Waals surface area contributed by atoms with Gasteiger partial charge in [-0.2, -0.15) is 0 Å². The molecule has 1 aromatic carbocycles. The number of halogens is 1. The van der Waals surface area contributed by atoms with Crippen LogP contribution >= 0.6 is 0 Å². The first kappa shape index (κ1) is 17.1. The van der Waals surface area contributed by atoms with E-state index in [1.54, 1.807) is 20.8 Å². The Hall–Kier alpha value is -1.91. The zero-order valence-electron chi connectivity index (χ0n) is 12.9. The molecule has 0 radical (unpaired) electrons. The predicted octanol–water partition coefficient (Wildman–Crippen LogP) is 3.93. The number of anilines is 1. The molecule has 1 unspecified atom stereocenters. The maximum absolute atomic E-state index is 13.1. The molecule has 0 aromatic heterocycles. The van der Waals surface area contributed by atoms with Crippen LogP contribution in [0.4, 0.5) is 14.9 Å². The van der Waals surface area contributed by atoms with Gasteiger partial charge in [0.2, 0.25) is 0 Å². The highest BCUT2D eigenvalue weighted by Crippen LogP contribution is 2.23. The van der Waals surface area contributed by atoms with Crippen molar-refractivity contribution in [1.29, 1.82) is 0 Å². The summed E-state index contributed by atoms with van der Waals surface area (Å²) in [6, 6.07) is 5.25. The van der Waals surface area contributed by atoms with Gasteiger partial charge < -0.3 is 9.53 Å². The molecule has 0 heterocycles. The molecule has 0 aliphatic carbocycles. The highest BCUT2D eigenvalue weighted by Gasteiger charge is 2.28. The van der Waals surface area contributed by atoms with Gasteiger partial charge in [0.15, 0.2) is 0 Å². The number of rotatable bonds is 5. The van der Waals surface area contributed by atoms with Crippen LogP contribution in [-0.4, -0.2) is 24.0 Å². The van der Waals surface area contributed by atoms with Gasteiger partial charge >= 0.3 is 6.09 Å². The minimum Gasteiger partial charge on any atom is -0.443 e. The van der Waals surface area contributed by atoms with Crippen molar-refractivity contribution in [3.63, 3.8) is 0 Å². The third-order valence-electron chi connectivity index (χ3n) is 2.90. The number of aldehydes is 1. The monoisotopic (exact) mass is 295 g/mol. The van der Waals surface area contributed by atoms with Crippen molar-refractivity contribution in [3.05, 3.63) is 30.1 Å². The fourth-order valence-electron chi connectivity index (χ4n) is 1.94. The summed E-state index contributed by atoms with van der Waals surface area (Å²) >= 11 is 0. The molecular weight excluding hydrogens is 273 g/mol. The summed E-state index contributed by atoms with van der Waals surface area (Å²) in [6.45, 7) is 7.20. The van der Waals surface area contributed by atoms with Crippen molar-refractivity contribution >= 4 is 18.1 Å².